The second-order valence-electron chi connectivity index (χ2n) is 4.02. The van der Waals surface area contributed by atoms with Crippen molar-refractivity contribution in [1.82, 2.24) is 0 Å². The van der Waals surface area contributed by atoms with E-state index >= 15 is 0 Å². The van der Waals surface area contributed by atoms with Gasteiger partial charge in [0.25, 0.3) is 5.69 Å². The van der Waals surface area contributed by atoms with Crippen LogP contribution >= 0.6 is 0 Å². The molecule has 0 N–H and O–H groups in total. The van der Waals surface area contributed by atoms with Crippen LogP contribution in [0.4, 0.5) is 5.69 Å². The Kier molecular flexibility index (Phi) is 5.15. The number of carbonyl (C=O) groups is 1. The van der Waals surface area contributed by atoms with Gasteiger partial charge < -0.3 is 0 Å². The lowest BCUT2D eigenvalue weighted by Crippen LogP contribution is -2.18. The summed E-state index contributed by atoms with van der Waals surface area (Å²) in [6.07, 6.45) is 0.719. The van der Waals surface area contributed by atoms with Crippen LogP contribution in [0.25, 0.3) is 0 Å². The SMILES string of the molecule is CCC(C)C(=O)CS(=O)c1ccc([N+](=O)[O-])cc1. The summed E-state index contributed by atoms with van der Waals surface area (Å²) in [6.45, 7) is 3.70. The number of non-ortho nitro benzene ring substituents is 1. The summed E-state index contributed by atoms with van der Waals surface area (Å²) in [5.41, 5.74) is -0.0518. The zero-order chi connectivity index (χ0) is 13.7. The van der Waals surface area contributed by atoms with Gasteiger partial charge in [-0.1, -0.05) is 13.8 Å². The van der Waals surface area contributed by atoms with E-state index in [1.807, 2.05) is 6.92 Å². The third-order valence-corrected chi connectivity index (χ3v) is 4.09. The lowest BCUT2D eigenvalue weighted by Gasteiger charge is -2.06. The first-order chi connectivity index (χ1) is 8.45. The highest BCUT2D eigenvalue weighted by molar-refractivity contribution is 7.85. The largest absolute Gasteiger partial charge is 0.298 e. The van der Waals surface area contributed by atoms with Gasteiger partial charge in [-0.2, -0.15) is 0 Å². The molecule has 1 rings (SSSR count). The predicted octanol–water partition coefficient (Wildman–Crippen LogP) is 2.32. The van der Waals surface area contributed by atoms with Crippen LogP contribution in [-0.4, -0.2) is 20.7 Å². The van der Waals surface area contributed by atoms with Crippen molar-refractivity contribution in [1.29, 1.82) is 0 Å². The van der Waals surface area contributed by atoms with E-state index in [1.165, 1.54) is 24.3 Å². The standard InChI is InChI=1S/C12H15NO4S/c1-3-9(2)12(14)8-18(17)11-6-4-10(5-7-11)13(15)16/h4-7,9H,3,8H2,1-2H3. The molecule has 18 heavy (non-hydrogen) atoms. The smallest absolute Gasteiger partial charge is 0.269 e. The molecule has 0 spiro atoms. The molecular weight excluding hydrogens is 254 g/mol. The Labute approximate surface area is 108 Å². The Bertz CT molecular complexity index is 469. The van der Waals surface area contributed by atoms with Crippen molar-refractivity contribution in [2.45, 2.75) is 25.2 Å². The quantitative estimate of drug-likeness (QED) is 0.586. The van der Waals surface area contributed by atoms with Crippen molar-refractivity contribution in [3.8, 4) is 0 Å². The number of Topliss-reactive ketones (excluding diaryl/α,β-unsaturated/α-hetero) is 1. The van der Waals surface area contributed by atoms with Gasteiger partial charge in [0.15, 0.2) is 0 Å². The number of nitro groups is 1. The third-order valence-electron chi connectivity index (χ3n) is 2.75. The molecule has 6 heteroatoms. The number of carbonyl (C=O) groups excluding carboxylic acids is 1. The summed E-state index contributed by atoms with van der Waals surface area (Å²) >= 11 is 0. The number of hydrogen-bond acceptors (Lipinski definition) is 4. The van der Waals surface area contributed by atoms with Crippen molar-refractivity contribution in [3.63, 3.8) is 0 Å². The lowest BCUT2D eigenvalue weighted by molar-refractivity contribution is -0.384. The molecule has 1 aromatic carbocycles. The minimum Gasteiger partial charge on any atom is -0.298 e. The Morgan fingerprint density at radius 2 is 1.94 bits per heavy atom. The van der Waals surface area contributed by atoms with Crippen LogP contribution in [0.1, 0.15) is 20.3 Å². The first-order valence-electron chi connectivity index (χ1n) is 5.61. The topological polar surface area (TPSA) is 77.3 Å². The highest BCUT2D eigenvalue weighted by Gasteiger charge is 2.16. The van der Waals surface area contributed by atoms with Gasteiger partial charge in [0.05, 0.1) is 21.5 Å². The molecule has 2 unspecified atom stereocenters. The van der Waals surface area contributed by atoms with Crippen LogP contribution < -0.4 is 0 Å². The van der Waals surface area contributed by atoms with Gasteiger partial charge >= 0.3 is 0 Å². The van der Waals surface area contributed by atoms with Gasteiger partial charge in [-0.25, -0.2) is 0 Å². The summed E-state index contributed by atoms with van der Waals surface area (Å²) in [5.74, 6) is -0.187. The van der Waals surface area contributed by atoms with Crippen molar-refractivity contribution in [2.75, 3.05) is 5.75 Å². The second kappa shape index (κ2) is 6.39. The average molecular weight is 269 g/mol. The Morgan fingerprint density at radius 1 is 1.39 bits per heavy atom. The van der Waals surface area contributed by atoms with Crippen molar-refractivity contribution < 1.29 is 13.9 Å². The number of benzene rings is 1. The van der Waals surface area contributed by atoms with E-state index < -0.39 is 15.7 Å². The van der Waals surface area contributed by atoms with Crippen molar-refractivity contribution >= 4 is 22.3 Å². The maximum atomic E-state index is 11.9. The van der Waals surface area contributed by atoms with Crippen LogP contribution in [0.5, 0.6) is 0 Å². The first kappa shape index (κ1) is 14.5. The van der Waals surface area contributed by atoms with Crippen molar-refractivity contribution in [2.24, 2.45) is 5.92 Å². The van der Waals surface area contributed by atoms with Gasteiger partial charge in [-0.3, -0.25) is 19.1 Å². The van der Waals surface area contributed by atoms with Crippen LogP contribution in [0.15, 0.2) is 29.2 Å². The van der Waals surface area contributed by atoms with Gasteiger partial charge in [0.2, 0.25) is 0 Å². The van der Waals surface area contributed by atoms with Crippen LogP contribution in [0, 0.1) is 16.0 Å². The van der Waals surface area contributed by atoms with Gasteiger partial charge in [0, 0.05) is 22.9 Å². The number of hydrogen-bond donors (Lipinski definition) is 0. The molecule has 0 radical (unpaired) electrons. The molecule has 0 aromatic heterocycles. The number of ketones is 1. The summed E-state index contributed by atoms with van der Waals surface area (Å²) in [4.78, 5) is 22.0. The van der Waals surface area contributed by atoms with Gasteiger partial charge in [0.1, 0.15) is 5.78 Å². The first-order valence-corrected chi connectivity index (χ1v) is 6.93. The fourth-order valence-electron chi connectivity index (χ4n) is 1.30. The summed E-state index contributed by atoms with van der Waals surface area (Å²) in [7, 11) is -1.43. The maximum absolute atomic E-state index is 11.9. The molecular formula is C12H15NO4S. The Morgan fingerprint density at radius 3 is 2.39 bits per heavy atom. The molecule has 0 bridgehead atoms. The molecule has 5 nitrogen and oxygen atoms in total. The summed E-state index contributed by atoms with van der Waals surface area (Å²) < 4.78 is 11.9. The van der Waals surface area contributed by atoms with E-state index in [0.717, 1.165) is 6.42 Å². The fraction of sp³-hybridized carbons (Fsp3) is 0.417. The van der Waals surface area contributed by atoms with Crippen LogP contribution in [0.2, 0.25) is 0 Å². The monoisotopic (exact) mass is 269 g/mol. The van der Waals surface area contributed by atoms with Gasteiger partial charge in [-0.15, -0.1) is 0 Å². The molecule has 98 valence electrons. The normalized spacial score (nSPS) is 13.9. The maximum Gasteiger partial charge on any atom is 0.269 e. The van der Waals surface area contributed by atoms with Crippen LogP contribution in [-0.2, 0) is 15.6 Å². The van der Waals surface area contributed by atoms with Crippen molar-refractivity contribution in [3.05, 3.63) is 34.4 Å². The Hall–Kier alpha value is -1.56. The molecule has 1 aromatic rings. The summed E-state index contributed by atoms with van der Waals surface area (Å²) in [6, 6.07) is 5.44. The van der Waals surface area contributed by atoms with E-state index in [-0.39, 0.29) is 23.1 Å². The number of nitro benzene ring substituents is 1. The molecule has 0 aliphatic carbocycles. The minimum absolute atomic E-state index is 0.0349. The van der Waals surface area contributed by atoms with E-state index in [9.17, 15) is 19.1 Å². The number of nitrogens with zero attached hydrogens (tertiary/aromatic N) is 1. The van der Waals surface area contributed by atoms with E-state index in [1.54, 1.807) is 6.92 Å². The van der Waals surface area contributed by atoms with Gasteiger partial charge in [-0.05, 0) is 18.6 Å². The van der Waals surface area contributed by atoms with E-state index in [2.05, 4.69) is 0 Å². The predicted molar refractivity (Wildman–Crippen MR) is 68.8 cm³/mol. The molecule has 0 aliphatic heterocycles. The fourth-order valence-corrected chi connectivity index (χ4v) is 2.45. The zero-order valence-corrected chi connectivity index (χ0v) is 11.1. The highest BCUT2D eigenvalue weighted by atomic mass is 32.2. The second-order valence-corrected chi connectivity index (χ2v) is 5.47. The highest BCUT2D eigenvalue weighted by Crippen LogP contribution is 2.15. The lowest BCUT2D eigenvalue weighted by atomic mass is 10.1. The summed E-state index contributed by atoms with van der Waals surface area (Å²) in [5, 5.41) is 10.5. The molecule has 2 atom stereocenters. The molecule has 0 saturated heterocycles. The third kappa shape index (κ3) is 3.73. The minimum atomic E-state index is -1.43. The zero-order valence-electron chi connectivity index (χ0n) is 10.3. The molecule has 0 amide bonds. The molecule has 0 heterocycles. The molecule has 0 aliphatic rings. The molecule has 0 saturated carbocycles. The Balaban J connectivity index is 2.73. The van der Waals surface area contributed by atoms with Crippen LogP contribution in [0.3, 0.4) is 0 Å². The average Bonchev–Trinajstić information content (AvgIpc) is 2.37. The number of rotatable bonds is 6. The van der Waals surface area contributed by atoms with E-state index in [0.29, 0.717) is 4.90 Å². The molecule has 0 fully saturated rings. The van der Waals surface area contributed by atoms with E-state index in [4.69, 9.17) is 0 Å².